The molecule has 0 heterocycles. The first-order valence-electron chi connectivity index (χ1n) is 16.9. The molecule has 0 fully saturated rings. The molecule has 9 nitrogen and oxygen atoms in total. The molecule has 0 unspecified atom stereocenters. The first-order chi connectivity index (χ1) is 25.3. The fourth-order valence-corrected chi connectivity index (χ4v) is 5.06. The van der Waals surface area contributed by atoms with E-state index in [4.69, 9.17) is 35.3 Å². The molecule has 0 saturated carbocycles. The highest BCUT2D eigenvalue weighted by molar-refractivity contribution is 6.30. The van der Waals surface area contributed by atoms with E-state index in [1.807, 2.05) is 0 Å². The predicted molar refractivity (Wildman–Crippen MR) is 196 cm³/mol. The number of ether oxygens (including phenoxy) is 5. The summed E-state index contributed by atoms with van der Waals surface area (Å²) in [6.07, 6.45) is 7.08. The maximum Gasteiger partial charge on any atom is 0.343 e. The van der Waals surface area contributed by atoms with Crippen molar-refractivity contribution >= 4 is 35.5 Å². The van der Waals surface area contributed by atoms with Crippen molar-refractivity contribution in [2.24, 2.45) is 0 Å². The third kappa shape index (κ3) is 11.3. The molecule has 0 N–H and O–H groups in total. The molecule has 0 bridgehead atoms. The number of carbonyl (C=O) groups excluding carboxylic acids is 4. The average molecular weight is 721 g/mol. The van der Waals surface area contributed by atoms with Crippen molar-refractivity contribution in [1.29, 1.82) is 0 Å². The van der Waals surface area contributed by atoms with Gasteiger partial charge < -0.3 is 23.7 Å². The monoisotopic (exact) mass is 720 g/mol. The van der Waals surface area contributed by atoms with Crippen LogP contribution in [0.15, 0.2) is 121 Å². The quantitative estimate of drug-likeness (QED) is 0.0558. The van der Waals surface area contributed by atoms with Crippen LogP contribution in [-0.2, 0) is 0 Å². The molecule has 0 radical (unpaired) electrons. The Bertz CT molecular complexity index is 1950. The molecular weight excluding hydrogens is 684 g/mol. The van der Waals surface area contributed by atoms with Gasteiger partial charge in [-0.3, -0.25) is 0 Å². The number of halogens is 1. The zero-order valence-electron chi connectivity index (χ0n) is 28.5. The van der Waals surface area contributed by atoms with E-state index >= 15 is 0 Å². The van der Waals surface area contributed by atoms with Crippen molar-refractivity contribution in [1.82, 2.24) is 0 Å². The average Bonchev–Trinajstić information content (AvgIpc) is 3.16. The smallest absolute Gasteiger partial charge is 0.343 e. The minimum absolute atomic E-state index is 0.120. The summed E-state index contributed by atoms with van der Waals surface area (Å²) in [6, 6.07) is 30.9. The number of rotatable bonds is 16. The highest BCUT2D eigenvalue weighted by Gasteiger charge is 2.16. The van der Waals surface area contributed by atoms with Gasteiger partial charge in [0.15, 0.2) is 0 Å². The fraction of sp³-hybridized carbons (Fsp3) is 0.190. The number of hydrogen-bond donors (Lipinski definition) is 0. The van der Waals surface area contributed by atoms with Crippen LogP contribution in [0.4, 0.5) is 0 Å². The molecule has 0 saturated heterocycles. The molecule has 0 atom stereocenters. The van der Waals surface area contributed by atoms with Crippen molar-refractivity contribution < 1.29 is 42.9 Å². The summed E-state index contributed by atoms with van der Waals surface area (Å²) in [5, 5.41) is 0.517. The minimum atomic E-state index is -0.698. The van der Waals surface area contributed by atoms with E-state index in [9.17, 15) is 19.2 Å². The van der Waals surface area contributed by atoms with Gasteiger partial charge >= 0.3 is 23.9 Å². The largest absolute Gasteiger partial charge is 0.494 e. The lowest BCUT2D eigenvalue weighted by molar-refractivity contribution is 0.0712. The van der Waals surface area contributed by atoms with Gasteiger partial charge in [0.1, 0.15) is 28.7 Å². The second-order valence-corrected chi connectivity index (χ2v) is 12.2. The van der Waals surface area contributed by atoms with Crippen LogP contribution in [0, 0.1) is 0 Å². The maximum atomic E-state index is 12.8. The Labute approximate surface area is 307 Å². The number of hydrogen-bond acceptors (Lipinski definition) is 9. The molecule has 5 aromatic carbocycles. The third-order valence-electron chi connectivity index (χ3n) is 7.76. The zero-order chi connectivity index (χ0) is 36.7. The van der Waals surface area contributed by atoms with Crippen LogP contribution >= 0.6 is 11.6 Å². The van der Waals surface area contributed by atoms with E-state index in [1.54, 1.807) is 54.6 Å². The summed E-state index contributed by atoms with van der Waals surface area (Å²) >= 11 is 5.86. The van der Waals surface area contributed by atoms with Crippen molar-refractivity contribution in [3.8, 4) is 28.7 Å². The van der Waals surface area contributed by atoms with E-state index in [0.29, 0.717) is 28.7 Å². The summed E-state index contributed by atoms with van der Waals surface area (Å²) in [6.45, 7) is 2.83. The normalized spacial score (nSPS) is 10.6. The molecule has 0 aliphatic heterocycles. The van der Waals surface area contributed by atoms with Gasteiger partial charge in [-0.1, -0.05) is 56.7 Å². The van der Waals surface area contributed by atoms with E-state index in [1.165, 1.54) is 92.4 Å². The highest BCUT2D eigenvalue weighted by Crippen LogP contribution is 2.22. The SMILES string of the molecule is CCCCCCCCOc1ccc(C(=O)Oc2ccc(C(=O)Oc3cccc(C(=O)Oc4ccc(C(=O)Oc5ccc(Cl)cc5)cc4)c3)cc2)cc1. The maximum absolute atomic E-state index is 12.8. The standard InChI is InChI=1S/C42H37ClO9/c1-2-3-4-5-6-7-27-48-34-19-11-29(12-20-34)39(44)49-35-21-15-31(16-22-35)41(46)52-38-10-8-9-32(28-38)42(47)51-36-23-13-30(14-24-36)40(45)50-37-25-17-33(43)18-26-37/h8-26,28H,2-7,27H2,1H3. The number of unbranched alkanes of at least 4 members (excludes halogenated alkanes) is 5. The lowest BCUT2D eigenvalue weighted by Crippen LogP contribution is -2.12. The van der Waals surface area contributed by atoms with Crippen LogP contribution < -0.4 is 23.7 Å². The predicted octanol–water partition coefficient (Wildman–Crippen LogP) is 9.96. The molecule has 266 valence electrons. The molecule has 0 aromatic heterocycles. The molecule has 5 rings (SSSR count). The zero-order valence-corrected chi connectivity index (χ0v) is 29.3. The lowest BCUT2D eigenvalue weighted by atomic mass is 10.1. The number of esters is 4. The van der Waals surface area contributed by atoms with Gasteiger partial charge in [0.25, 0.3) is 0 Å². The minimum Gasteiger partial charge on any atom is -0.494 e. The van der Waals surface area contributed by atoms with Gasteiger partial charge in [-0.25, -0.2) is 19.2 Å². The van der Waals surface area contributed by atoms with Gasteiger partial charge in [0.2, 0.25) is 0 Å². The third-order valence-corrected chi connectivity index (χ3v) is 8.01. The highest BCUT2D eigenvalue weighted by atomic mass is 35.5. The van der Waals surface area contributed by atoms with E-state index in [-0.39, 0.29) is 33.9 Å². The number of benzene rings is 5. The van der Waals surface area contributed by atoms with Gasteiger partial charge in [0.05, 0.1) is 28.9 Å². The summed E-state index contributed by atoms with van der Waals surface area (Å²) < 4.78 is 27.5. The summed E-state index contributed by atoms with van der Waals surface area (Å²) in [5.41, 5.74) is 0.954. The first-order valence-corrected chi connectivity index (χ1v) is 17.3. The summed E-state index contributed by atoms with van der Waals surface area (Å²) in [7, 11) is 0. The van der Waals surface area contributed by atoms with Crippen molar-refractivity contribution in [2.45, 2.75) is 45.4 Å². The second kappa shape index (κ2) is 18.9. The number of carbonyl (C=O) groups is 4. The molecule has 0 spiro atoms. The Kier molecular flexibility index (Phi) is 13.6. The van der Waals surface area contributed by atoms with E-state index < -0.39 is 23.9 Å². The van der Waals surface area contributed by atoms with E-state index in [2.05, 4.69) is 6.92 Å². The molecule has 10 heteroatoms. The van der Waals surface area contributed by atoms with Crippen molar-refractivity contribution in [2.75, 3.05) is 6.61 Å². The Morgan fingerprint density at radius 3 is 1.35 bits per heavy atom. The fourth-order valence-electron chi connectivity index (χ4n) is 4.93. The van der Waals surface area contributed by atoms with Crippen molar-refractivity contribution in [3.05, 3.63) is 149 Å². The van der Waals surface area contributed by atoms with Crippen LogP contribution in [0.1, 0.15) is 86.9 Å². The van der Waals surface area contributed by atoms with Crippen molar-refractivity contribution in [3.63, 3.8) is 0 Å². The first kappa shape index (κ1) is 37.3. The molecule has 0 aliphatic rings. The Balaban J connectivity index is 1.08. The van der Waals surface area contributed by atoms with Crippen LogP contribution in [0.5, 0.6) is 28.7 Å². The molecule has 0 amide bonds. The Morgan fingerprint density at radius 1 is 0.442 bits per heavy atom. The summed E-state index contributed by atoms with van der Waals surface area (Å²) in [5.74, 6) is -0.915. The van der Waals surface area contributed by atoms with Gasteiger partial charge in [0, 0.05) is 5.02 Å². The molecular formula is C42H37ClO9. The van der Waals surface area contributed by atoms with Crippen LogP contribution in [-0.4, -0.2) is 30.5 Å². The van der Waals surface area contributed by atoms with Gasteiger partial charge in [-0.05, 0) is 122 Å². The molecule has 0 aliphatic carbocycles. The Morgan fingerprint density at radius 2 is 0.846 bits per heavy atom. The second-order valence-electron chi connectivity index (χ2n) is 11.7. The molecule has 52 heavy (non-hydrogen) atoms. The lowest BCUT2D eigenvalue weighted by Gasteiger charge is -2.09. The van der Waals surface area contributed by atoms with Gasteiger partial charge in [-0.2, -0.15) is 0 Å². The van der Waals surface area contributed by atoms with Crippen LogP contribution in [0.25, 0.3) is 0 Å². The molecule has 5 aromatic rings. The van der Waals surface area contributed by atoms with Crippen LogP contribution in [0.3, 0.4) is 0 Å². The van der Waals surface area contributed by atoms with Gasteiger partial charge in [-0.15, -0.1) is 0 Å². The van der Waals surface area contributed by atoms with Crippen LogP contribution in [0.2, 0.25) is 5.02 Å². The summed E-state index contributed by atoms with van der Waals surface area (Å²) in [4.78, 5) is 50.8. The van der Waals surface area contributed by atoms with E-state index in [0.717, 1.165) is 12.8 Å². The topological polar surface area (TPSA) is 114 Å². The Hall–Kier alpha value is -5.93.